The number of carboxylic acid groups (broad SMARTS) is 1. The number of para-hydroxylation sites is 1. The van der Waals surface area contributed by atoms with Crippen LogP contribution in [0.25, 0.3) is 11.3 Å². The van der Waals surface area contributed by atoms with Crippen LogP contribution in [0.4, 0.5) is 10.1 Å². The van der Waals surface area contributed by atoms with Gasteiger partial charge >= 0.3 is 37.7 Å². The Kier molecular flexibility index (Phi) is 12.1. The molecule has 1 aliphatic rings. The molecule has 4 rings (SSSR count). The van der Waals surface area contributed by atoms with Crippen LogP contribution in [-0.4, -0.2) is 78.0 Å². The molecule has 3 aromatic rings. The second-order valence-electron chi connectivity index (χ2n) is 10.8. The second kappa shape index (κ2) is 15.1. The summed E-state index contributed by atoms with van der Waals surface area (Å²) in [5.74, 6) is -6.17. The Balaban J connectivity index is 0.00000484. The van der Waals surface area contributed by atoms with Gasteiger partial charge in [0.25, 0.3) is 0 Å². The fourth-order valence-electron chi connectivity index (χ4n) is 5.62. The zero-order valence-electron chi connectivity index (χ0n) is 24.0. The molecule has 0 aliphatic carbocycles. The van der Waals surface area contributed by atoms with E-state index in [2.05, 4.69) is 24.1 Å². The summed E-state index contributed by atoms with van der Waals surface area (Å²) < 4.78 is 14.0. The molecule has 0 fully saturated rings. The summed E-state index contributed by atoms with van der Waals surface area (Å²) in [4.78, 5) is 27.2. The molecule has 7 nitrogen and oxygen atoms in total. The number of carboxylic acids is 1. The molecule has 0 radical (unpaired) electrons. The number of aliphatic hydroxyl groups is 1. The number of nitrogens with zero attached hydrogens (tertiary/aromatic N) is 1. The van der Waals surface area contributed by atoms with Gasteiger partial charge in [0.15, 0.2) is 0 Å². The molecule has 1 aliphatic heterocycles. The summed E-state index contributed by atoms with van der Waals surface area (Å²) in [7, 11) is 0. The van der Waals surface area contributed by atoms with E-state index in [1.54, 1.807) is 12.1 Å². The number of amides is 1. The normalized spacial score (nSPS) is 18.0. The van der Waals surface area contributed by atoms with E-state index in [9.17, 15) is 29.3 Å². The molecule has 1 heterocycles. The summed E-state index contributed by atoms with van der Waals surface area (Å²) in [6.07, 6.45) is 0.803. The van der Waals surface area contributed by atoms with E-state index < -0.39 is 24.1 Å². The van der Waals surface area contributed by atoms with Crippen molar-refractivity contribution in [1.82, 2.24) is 4.90 Å². The number of benzene rings is 3. The monoisotopic (exact) mass is 598 g/mol. The molecule has 3 unspecified atom stereocenters. The van der Waals surface area contributed by atoms with Gasteiger partial charge in [0, 0.05) is 29.8 Å². The van der Waals surface area contributed by atoms with Gasteiger partial charge in [0.05, 0.1) is 11.9 Å². The Morgan fingerprint density at radius 1 is 0.929 bits per heavy atom. The van der Waals surface area contributed by atoms with Crippen molar-refractivity contribution in [3.05, 3.63) is 102 Å². The Bertz CT molecular complexity index is 1360. The van der Waals surface area contributed by atoms with Gasteiger partial charge in [-0.05, 0) is 71.9 Å². The fraction of sp³-hybridized carbons (Fsp3) is 0.333. The number of unbranched alkanes of at least 4 members (excludes halogenated alkanes) is 2. The van der Waals surface area contributed by atoms with Crippen molar-refractivity contribution in [3.63, 3.8) is 0 Å². The van der Waals surface area contributed by atoms with Crippen LogP contribution < -0.4 is 15.5 Å². The molecule has 0 saturated carbocycles. The predicted octanol–water partition coefficient (Wildman–Crippen LogP) is 3.27. The fourth-order valence-corrected chi connectivity index (χ4v) is 5.62. The zero-order chi connectivity index (χ0) is 29.6. The molecule has 216 valence electrons. The first-order valence-corrected chi connectivity index (χ1v) is 13.9. The first kappa shape index (κ1) is 33.7. The quantitative estimate of drug-likeness (QED) is 0.188. The van der Waals surface area contributed by atoms with Gasteiger partial charge in [-0.3, -0.25) is 4.79 Å². The molecule has 0 spiro atoms. The topological polar surface area (TPSA) is 116 Å². The third-order valence-corrected chi connectivity index (χ3v) is 7.50. The average Bonchev–Trinajstić information content (AvgIpc) is 3.29. The molecule has 3 atom stereocenters. The van der Waals surface area contributed by atoms with Gasteiger partial charge in [-0.2, -0.15) is 0 Å². The minimum absolute atomic E-state index is 0. The van der Waals surface area contributed by atoms with E-state index >= 15 is 0 Å². The van der Waals surface area contributed by atoms with E-state index in [0.717, 1.165) is 22.4 Å². The van der Waals surface area contributed by atoms with Crippen LogP contribution in [-0.2, 0) is 9.59 Å². The van der Waals surface area contributed by atoms with Gasteiger partial charge in [-0.15, -0.1) is 0 Å². The number of hydrogen-bond acceptors (Lipinski definition) is 6. The largest absolute Gasteiger partial charge is 2.00 e. The van der Waals surface area contributed by atoms with Crippen molar-refractivity contribution in [2.45, 2.75) is 51.4 Å². The van der Waals surface area contributed by atoms with E-state index in [1.165, 1.54) is 12.1 Å². The van der Waals surface area contributed by atoms with E-state index in [0.29, 0.717) is 25.1 Å². The summed E-state index contributed by atoms with van der Waals surface area (Å²) in [5.41, 5.74) is 4.02. The standard InChI is InChI=1S/C33H36FN2O5.Ca/c1-22(2)29-28(31(37)35-26-14-8-4-9-15-26)27(23-12-6-3-7-13-23)30(24-16-18-25(34)19-17-24)36(29)21-11-5-10-20-33(40,41)32(38)39;/h3-4,6-9,12-19,22,28-29,40H,5,10-11,20-21H2,1-2H3,(H,35,37)(H,38,39);/q-1;+2/p-1. The third kappa shape index (κ3) is 7.99. The van der Waals surface area contributed by atoms with Crippen molar-refractivity contribution in [2.75, 3.05) is 11.9 Å². The predicted molar refractivity (Wildman–Crippen MR) is 158 cm³/mol. The van der Waals surface area contributed by atoms with Gasteiger partial charge in [-0.1, -0.05) is 75.2 Å². The molecule has 3 aromatic carbocycles. The molecule has 1 amide bonds. The van der Waals surface area contributed by atoms with Crippen molar-refractivity contribution in [2.24, 2.45) is 11.8 Å². The minimum Gasteiger partial charge on any atom is -0.824 e. The van der Waals surface area contributed by atoms with Crippen LogP contribution in [0.3, 0.4) is 0 Å². The van der Waals surface area contributed by atoms with Crippen LogP contribution in [0.2, 0.25) is 0 Å². The van der Waals surface area contributed by atoms with Crippen LogP contribution in [0.1, 0.15) is 50.7 Å². The van der Waals surface area contributed by atoms with E-state index in [4.69, 9.17) is 0 Å². The van der Waals surface area contributed by atoms with Gasteiger partial charge in [0.1, 0.15) is 5.82 Å². The summed E-state index contributed by atoms with van der Waals surface area (Å²) in [5, 5.41) is 35.2. The van der Waals surface area contributed by atoms with Crippen molar-refractivity contribution >= 4 is 66.6 Å². The van der Waals surface area contributed by atoms with Crippen molar-refractivity contribution < 1.29 is 29.3 Å². The summed E-state index contributed by atoms with van der Waals surface area (Å²) >= 11 is 0. The Labute approximate surface area is 276 Å². The summed E-state index contributed by atoms with van der Waals surface area (Å²) in [6.45, 7) is 4.63. The molecule has 0 aromatic heterocycles. The van der Waals surface area contributed by atoms with Gasteiger partial charge in [0.2, 0.25) is 5.91 Å². The van der Waals surface area contributed by atoms with Crippen molar-refractivity contribution in [1.29, 1.82) is 0 Å². The molecular formula is C33H35CaFN2O5. The van der Waals surface area contributed by atoms with Crippen LogP contribution in [0, 0.1) is 17.7 Å². The smallest absolute Gasteiger partial charge is 0.824 e. The number of carbonyl (C=O) groups excluding carboxylic acids is 2. The molecule has 0 saturated heterocycles. The zero-order valence-corrected chi connectivity index (χ0v) is 26.2. The number of aliphatic carboxylic acids is 1. The first-order chi connectivity index (χ1) is 19.6. The number of carbonyl (C=O) groups is 2. The average molecular weight is 599 g/mol. The number of halogens is 1. The van der Waals surface area contributed by atoms with Crippen LogP contribution in [0.15, 0.2) is 84.9 Å². The molecular weight excluding hydrogens is 563 g/mol. The minimum atomic E-state index is -3.12. The van der Waals surface area contributed by atoms with E-state index in [-0.39, 0.29) is 67.8 Å². The maximum Gasteiger partial charge on any atom is 2.00 e. The molecule has 2 N–H and O–H groups in total. The van der Waals surface area contributed by atoms with Crippen molar-refractivity contribution in [3.8, 4) is 0 Å². The van der Waals surface area contributed by atoms with Crippen LogP contribution >= 0.6 is 0 Å². The number of hydrogen-bond donors (Lipinski definition) is 2. The Morgan fingerprint density at radius 2 is 1.52 bits per heavy atom. The second-order valence-corrected chi connectivity index (χ2v) is 10.8. The molecule has 42 heavy (non-hydrogen) atoms. The van der Waals surface area contributed by atoms with Gasteiger partial charge < -0.3 is 30.3 Å². The maximum absolute atomic E-state index is 14.1. The van der Waals surface area contributed by atoms with E-state index in [1.807, 2.05) is 60.7 Å². The number of rotatable bonds is 12. The number of nitrogens with one attached hydrogen (secondary N) is 1. The van der Waals surface area contributed by atoms with Crippen LogP contribution in [0.5, 0.6) is 0 Å². The molecule has 9 heteroatoms. The number of anilines is 1. The first-order valence-electron chi connectivity index (χ1n) is 13.9. The van der Waals surface area contributed by atoms with Gasteiger partial charge in [-0.25, -0.2) is 4.39 Å². The SMILES string of the molecule is CC(C)C1C(C(=O)Nc2ccccc2)C(c2ccccc2)=C(c2ccc(F)cc2)N1CCCCCC([O-])(O)C(=O)[O-].[Ca+2]. The Morgan fingerprint density at radius 3 is 2.10 bits per heavy atom. The molecule has 0 bridgehead atoms. The summed E-state index contributed by atoms with van der Waals surface area (Å²) in [6, 6.07) is 25.0. The third-order valence-electron chi connectivity index (χ3n) is 7.50. The maximum atomic E-state index is 14.1. The Hall–Kier alpha value is -2.75.